The summed E-state index contributed by atoms with van der Waals surface area (Å²) in [5, 5.41) is 2.94. The molecule has 2 atom stereocenters. The molecule has 1 saturated heterocycles. The summed E-state index contributed by atoms with van der Waals surface area (Å²) >= 11 is 0. The van der Waals surface area contributed by atoms with E-state index in [2.05, 4.69) is 5.32 Å². The van der Waals surface area contributed by atoms with Gasteiger partial charge < -0.3 is 10.1 Å². The molecule has 130 valence electrons. The molecule has 1 fully saturated rings. The maximum absolute atomic E-state index is 13.1. The van der Waals surface area contributed by atoms with Crippen LogP contribution in [0.3, 0.4) is 0 Å². The van der Waals surface area contributed by atoms with Gasteiger partial charge in [-0.05, 0) is 31.5 Å². The van der Waals surface area contributed by atoms with E-state index < -0.39 is 21.7 Å². The molecular formula is C15H22F2N2O3S. The van der Waals surface area contributed by atoms with Crippen LogP contribution in [0.2, 0.25) is 0 Å². The van der Waals surface area contributed by atoms with Crippen LogP contribution in [-0.2, 0) is 21.3 Å². The molecular weight excluding hydrogens is 326 g/mol. The predicted molar refractivity (Wildman–Crippen MR) is 83.4 cm³/mol. The van der Waals surface area contributed by atoms with E-state index in [1.54, 1.807) is 0 Å². The van der Waals surface area contributed by atoms with Crippen LogP contribution in [0.4, 0.5) is 8.78 Å². The molecule has 0 bridgehead atoms. The van der Waals surface area contributed by atoms with Crippen molar-refractivity contribution in [3.8, 4) is 0 Å². The highest BCUT2D eigenvalue weighted by atomic mass is 32.2. The fraction of sp³-hybridized carbons (Fsp3) is 0.600. The van der Waals surface area contributed by atoms with Crippen LogP contribution >= 0.6 is 0 Å². The number of nitrogens with zero attached hydrogens (tertiary/aromatic N) is 1. The largest absolute Gasteiger partial charge is 0.373 e. The van der Waals surface area contributed by atoms with Crippen molar-refractivity contribution in [1.82, 2.24) is 9.62 Å². The van der Waals surface area contributed by atoms with Crippen molar-refractivity contribution in [3.05, 3.63) is 35.4 Å². The summed E-state index contributed by atoms with van der Waals surface area (Å²) in [6.07, 6.45) is -0.243. The van der Waals surface area contributed by atoms with Crippen LogP contribution in [-0.4, -0.2) is 50.3 Å². The first-order chi connectivity index (χ1) is 10.8. The Morgan fingerprint density at radius 1 is 1.22 bits per heavy atom. The lowest BCUT2D eigenvalue weighted by atomic mass is 10.2. The lowest BCUT2D eigenvalue weighted by Crippen LogP contribution is -2.49. The molecule has 0 unspecified atom stereocenters. The number of halogens is 2. The van der Waals surface area contributed by atoms with E-state index in [0.717, 1.165) is 12.1 Å². The lowest BCUT2D eigenvalue weighted by molar-refractivity contribution is -0.0440. The fourth-order valence-corrected chi connectivity index (χ4v) is 4.11. The number of nitrogens with one attached hydrogen (secondary N) is 1. The Balaban J connectivity index is 1.81. The Labute approximate surface area is 135 Å². The smallest absolute Gasteiger partial charge is 0.215 e. The standard InChI is InChI=1S/C15H22F2N2O3S/c1-11-9-19(10-12(2)22-11)23(20,21)6-5-18-8-13-3-4-14(16)15(17)7-13/h3-4,7,11-12,18H,5-6,8-10H2,1-2H3/t11-,12-/m1/s1. The van der Waals surface area contributed by atoms with Crippen molar-refractivity contribution in [3.63, 3.8) is 0 Å². The molecule has 1 N–H and O–H groups in total. The van der Waals surface area contributed by atoms with Crippen molar-refractivity contribution in [2.75, 3.05) is 25.4 Å². The van der Waals surface area contributed by atoms with E-state index in [4.69, 9.17) is 4.74 Å². The third-order valence-corrected chi connectivity index (χ3v) is 5.43. The molecule has 23 heavy (non-hydrogen) atoms. The zero-order valence-electron chi connectivity index (χ0n) is 13.3. The molecule has 0 saturated carbocycles. The summed E-state index contributed by atoms with van der Waals surface area (Å²) in [6, 6.07) is 3.62. The monoisotopic (exact) mass is 348 g/mol. The number of hydrogen-bond donors (Lipinski definition) is 1. The third-order valence-electron chi connectivity index (χ3n) is 3.63. The molecule has 0 aromatic heterocycles. The van der Waals surface area contributed by atoms with E-state index >= 15 is 0 Å². The van der Waals surface area contributed by atoms with Gasteiger partial charge in [0.25, 0.3) is 0 Å². The SMILES string of the molecule is C[C@@H]1CN(S(=O)(=O)CCNCc2ccc(F)c(F)c2)C[C@@H](C)O1. The summed E-state index contributed by atoms with van der Waals surface area (Å²) in [6.45, 7) is 4.93. The molecule has 5 nitrogen and oxygen atoms in total. The highest BCUT2D eigenvalue weighted by molar-refractivity contribution is 7.89. The van der Waals surface area contributed by atoms with Crippen molar-refractivity contribution in [2.24, 2.45) is 0 Å². The van der Waals surface area contributed by atoms with Gasteiger partial charge in [0.05, 0.1) is 18.0 Å². The normalized spacial score (nSPS) is 23.1. The minimum Gasteiger partial charge on any atom is -0.373 e. The Morgan fingerprint density at radius 2 is 1.87 bits per heavy atom. The van der Waals surface area contributed by atoms with Gasteiger partial charge in [0.15, 0.2) is 11.6 Å². The molecule has 0 aliphatic carbocycles. The molecule has 0 amide bonds. The van der Waals surface area contributed by atoms with Gasteiger partial charge in [-0.25, -0.2) is 17.2 Å². The second kappa shape index (κ2) is 7.65. The van der Waals surface area contributed by atoms with Crippen LogP contribution < -0.4 is 5.32 Å². The van der Waals surface area contributed by atoms with E-state index in [1.807, 2.05) is 13.8 Å². The van der Waals surface area contributed by atoms with Crippen LogP contribution in [0.1, 0.15) is 19.4 Å². The van der Waals surface area contributed by atoms with Gasteiger partial charge in [0.2, 0.25) is 10.0 Å². The highest BCUT2D eigenvalue weighted by Gasteiger charge is 2.30. The van der Waals surface area contributed by atoms with Gasteiger partial charge >= 0.3 is 0 Å². The van der Waals surface area contributed by atoms with Crippen molar-refractivity contribution in [2.45, 2.75) is 32.6 Å². The average Bonchev–Trinajstić information content (AvgIpc) is 2.46. The van der Waals surface area contributed by atoms with Gasteiger partial charge in [-0.2, -0.15) is 4.31 Å². The molecule has 1 aliphatic heterocycles. The number of hydrogen-bond acceptors (Lipinski definition) is 4. The molecule has 0 spiro atoms. The Kier molecular flexibility index (Phi) is 6.07. The summed E-state index contributed by atoms with van der Waals surface area (Å²) in [5.74, 6) is -1.85. The van der Waals surface area contributed by atoms with E-state index in [1.165, 1.54) is 10.4 Å². The Morgan fingerprint density at radius 3 is 2.48 bits per heavy atom. The van der Waals surface area contributed by atoms with Crippen LogP contribution in [0.5, 0.6) is 0 Å². The molecule has 1 aromatic carbocycles. The molecule has 0 radical (unpaired) electrons. The minimum atomic E-state index is -3.36. The van der Waals surface area contributed by atoms with Crippen LogP contribution in [0.15, 0.2) is 18.2 Å². The number of morpholine rings is 1. The van der Waals surface area contributed by atoms with Gasteiger partial charge in [0, 0.05) is 26.2 Å². The first-order valence-corrected chi connectivity index (χ1v) is 9.17. The summed E-state index contributed by atoms with van der Waals surface area (Å²) in [7, 11) is -3.36. The minimum absolute atomic E-state index is 0.0455. The molecule has 1 aliphatic rings. The van der Waals surface area contributed by atoms with Crippen LogP contribution in [0, 0.1) is 11.6 Å². The summed E-state index contributed by atoms with van der Waals surface area (Å²) < 4.78 is 57.5. The Bertz CT molecular complexity index is 630. The van der Waals surface area contributed by atoms with Crippen LogP contribution in [0.25, 0.3) is 0 Å². The first kappa shape index (κ1) is 18.3. The second-order valence-corrected chi connectivity index (χ2v) is 7.90. The maximum Gasteiger partial charge on any atom is 0.215 e. The molecule has 2 rings (SSSR count). The van der Waals surface area contributed by atoms with Crippen molar-refractivity contribution >= 4 is 10.0 Å². The first-order valence-electron chi connectivity index (χ1n) is 7.56. The average molecular weight is 348 g/mol. The van der Waals surface area contributed by atoms with Gasteiger partial charge in [-0.3, -0.25) is 0 Å². The molecule has 1 heterocycles. The van der Waals surface area contributed by atoms with Crippen molar-refractivity contribution < 1.29 is 21.9 Å². The predicted octanol–water partition coefficient (Wildman–Crippen LogP) is 1.49. The topological polar surface area (TPSA) is 58.6 Å². The van der Waals surface area contributed by atoms with Crippen molar-refractivity contribution in [1.29, 1.82) is 0 Å². The third kappa shape index (κ3) is 5.20. The molecule has 8 heteroatoms. The maximum atomic E-state index is 13.1. The second-order valence-electron chi connectivity index (χ2n) is 5.82. The fourth-order valence-electron chi connectivity index (χ4n) is 2.57. The van der Waals surface area contributed by atoms with E-state index in [0.29, 0.717) is 18.7 Å². The quantitative estimate of drug-likeness (QED) is 0.792. The number of ether oxygens (including phenoxy) is 1. The van der Waals surface area contributed by atoms with Gasteiger partial charge in [-0.15, -0.1) is 0 Å². The van der Waals surface area contributed by atoms with Gasteiger partial charge in [0.1, 0.15) is 0 Å². The summed E-state index contributed by atoms with van der Waals surface area (Å²) in [5.41, 5.74) is 0.565. The van der Waals surface area contributed by atoms with E-state index in [-0.39, 0.29) is 31.1 Å². The van der Waals surface area contributed by atoms with Gasteiger partial charge in [-0.1, -0.05) is 6.07 Å². The zero-order chi connectivity index (χ0) is 17.0. The number of sulfonamides is 1. The molecule has 1 aromatic rings. The highest BCUT2D eigenvalue weighted by Crippen LogP contribution is 2.14. The number of rotatable bonds is 6. The van der Waals surface area contributed by atoms with E-state index in [9.17, 15) is 17.2 Å². The number of benzene rings is 1. The lowest BCUT2D eigenvalue weighted by Gasteiger charge is -2.34. The zero-order valence-corrected chi connectivity index (χ0v) is 14.1. The Hall–Kier alpha value is -1.09. The summed E-state index contributed by atoms with van der Waals surface area (Å²) in [4.78, 5) is 0.